The maximum Gasteiger partial charge on any atom is 0.327 e. The minimum absolute atomic E-state index is 0.00860. The molecule has 2 saturated heterocycles. The predicted octanol–water partition coefficient (Wildman–Crippen LogP) is 0.979. The van der Waals surface area contributed by atoms with Crippen LogP contribution in [0.3, 0.4) is 0 Å². The van der Waals surface area contributed by atoms with E-state index in [1.807, 2.05) is 6.92 Å². The molecular formula is C17H22N4O4. The zero-order valence-electron chi connectivity index (χ0n) is 14.5. The Hall–Kier alpha value is -2.64. The molecule has 8 nitrogen and oxygen atoms in total. The molecule has 0 radical (unpaired) electrons. The molecule has 0 unspecified atom stereocenters. The number of aromatic nitrogens is 1. The Morgan fingerprint density at radius 2 is 2.04 bits per heavy atom. The summed E-state index contributed by atoms with van der Waals surface area (Å²) in [6.45, 7) is 3.49. The van der Waals surface area contributed by atoms with Crippen LogP contribution in [-0.4, -0.2) is 76.9 Å². The Morgan fingerprint density at radius 3 is 2.64 bits per heavy atom. The van der Waals surface area contributed by atoms with E-state index in [0.717, 1.165) is 4.90 Å². The number of pyridine rings is 1. The molecule has 0 atom stereocenters. The lowest BCUT2D eigenvalue weighted by Gasteiger charge is -2.36. The van der Waals surface area contributed by atoms with E-state index < -0.39 is 0 Å². The van der Waals surface area contributed by atoms with Gasteiger partial charge in [-0.2, -0.15) is 0 Å². The normalized spacial score (nSPS) is 18.9. The van der Waals surface area contributed by atoms with Gasteiger partial charge in [0.25, 0.3) is 5.91 Å². The lowest BCUT2D eigenvalue weighted by molar-refractivity contribution is -0.124. The number of carbonyl (C=O) groups is 3. The third kappa shape index (κ3) is 3.29. The van der Waals surface area contributed by atoms with Gasteiger partial charge in [0.05, 0.1) is 6.61 Å². The molecule has 0 N–H and O–H groups in total. The van der Waals surface area contributed by atoms with Crippen molar-refractivity contribution in [2.24, 2.45) is 0 Å². The Balaban J connectivity index is 1.64. The maximum absolute atomic E-state index is 12.8. The number of likely N-dealkylation sites (tertiary alicyclic amines) is 1. The van der Waals surface area contributed by atoms with Crippen molar-refractivity contribution in [3.05, 3.63) is 23.9 Å². The van der Waals surface area contributed by atoms with Crippen LogP contribution in [0.25, 0.3) is 0 Å². The fraction of sp³-hybridized carbons (Fsp3) is 0.529. The highest BCUT2D eigenvalue weighted by Gasteiger charge is 2.39. The summed E-state index contributed by atoms with van der Waals surface area (Å²) in [5.41, 5.74) is 0.454. The minimum Gasteiger partial charge on any atom is -0.477 e. The summed E-state index contributed by atoms with van der Waals surface area (Å²) in [7, 11) is 1.50. The molecule has 2 aliphatic heterocycles. The van der Waals surface area contributed by atoms with Crippen molar-refractivity contribution in [3.63, 3.8) is 0 Å². The standard InChI is InChI=1S/C17H22N4O4/c1-3-25-15-13(5-4-8-18-15)16(23)20-9-6-12(7-10-20)21-11-14(22)19(2)17(21)24/h4-5,8,12H,3,6-7,9-11H2,1-2H3. The SMILES string of the molecule is CCOc1ncccc1C(=O)N1CCC(N2CC(=O)N(C)C2=O)CC1. The van der Waals surface area contributed by atoms with Crippen LogP contribution in [0.15, 0.2) is 18.3 Å². The second-order valence-corrected chi connectivity index (χ2v) is 6.18. The van der Waals surface area contributed by atoms with Gasteiger partial charge >= 0.3 is 6.03 Å². The summed E-state index contributed by atoms with van der Waals surface area (Å²) >= 11 is 0. The average molecular weight is 346 g/mol. The quantitative estimate of drug-likeness (QED) is 0.759. The molecule has 3 rings (SSSR count). The molecule has 0 aliphatic carbocycles. The number of carbonyl (C=O) groups excluding carboxylic acids is 3. The second kappa shape index (κ2) is 7.08. The summed E-state index contributed by atoms with van der Waals surface area (Å²) < 4.78 is 5.43. The number of nitrogens with zero attached hydrogens (tertiary/aromatic N) is 4. The Bertz CT molecular complexity index is 685. The number of likely N-dealkylation sites (N-methyl/N-ethyl adjacent to an activating group) is 1. The summed E-state index contributed by atoms with van der Waals surface area (Å²) in [6, 6.07) is 3.17. The van der Waals surface area contributed by atoms with Crippen LogP contribution in [0.4, 0.5) is 4.79 Å². The van der Waals surface area contributed by atoms with Gasteiger partial charge in [0.2, 0.25) is 11.8 Å². The first-order valence-corrected chi connectivity index (χ1v) is 8.47. The maximum atomic E-state index is 12.8. The number of hydrogen-bond donors (Lipinski definition) is 0. The van der Waals surface area contributed by atoms with E-state index in [2.05, 4.69) is 4.98 Å². The topological polar surface area (TPSA) is 83.1 Å². The van der Waals surface area contributed by atoms with Gasteiger partial charge in [-0.15, -0.1) is 0 Å². The summed E-state index contributed by atoms with van der Waals surface area (Å²) in [5.74, 6) is 0.0511. The van der Waals surface area contributed by atoms with E-state index in [1.165, 1.54) is 7.05 Å². The second-order valence-electron chi connectivity index (χ2n) is 6.18. The van der Waals surface area contributed by atoms with Crippen molar-refractivity contribution in [3.8, 4) is 5.88 Å². The van der Waals surface area contributed by atoms with Gasteiger partial charge in [0.15, 0.2) is 0 Å². The van der Waals surface area contributed by atoms with E-state index in [-0.39, 0.29) is 30.4 Å². The highest BCUT2D eigenvalue weighted by molar-refractivity contribution is 6.01. The van der Waals surface area contributed by atoms with Crippen molar-refractivity contribution in [2.45, 2.75) is 25.8 Å². The summed E-state index contributed by atoms with van der Waals surface area (Å²) in [6.07, 6.45) is 2.91. The first-order chi connectivity index (χ1) is 12.0. The van der Waals surface area contributed by atoms with E-state index in [4.69, 9.17) is 4.74 Å². The third-order valence-electron chi connectivity index (χ3n) is 4.69. The number of piperidine rings is 1. The van der Waals surface area contributed by atoms with E-state index in [1.54, 1.807) is 28.1 Å². The fourth-order valence-electron chi connectivity index (χ4n) is 3.26. The number of amides is 4. The monoisotopic (exact) mass is 346 g/mol. The molecule has 3 heterocycles. The molecule has 2 fully saturated rings. The Labute approximate surface area is 146 Å². The number of hydrogen-bond acceptors (Lipinski definition) is 5. The predicted molar refractivity (Wildman–Crippen MR) is 89.2 cm³/mol. The van der Waals surface area contributed by atoms with Gasteiger partial charge in [-0.25, -0.2) is 9.78 Å². The highest BCUT2D eigenvalue weighted by atomic mass is 16.5. The summed E-state index contributed by atoms with van der Waals surface area (Å²) in [4.78, 5) is 45.2. The average Bonchev–Trinajstić information content (AvgIpc) is 2.89. The van der Waals surface area contributed by atoms with Gasteiger partial charge < -0.3 is 14.5 Å². The largest absolute Gasteiger partial charge is 0.477 e. The fourth-order valence-corrected chi connectivity index (χ4v) is 3.26. The van der Waals surface area contributed by atoms with E-state index in [9.17, 15) is 14.4 Å². The van der Waals surface area contributed by atoms with Gasteiger partial charge in [0, 0.05) is 32.4 Å². The van der Waals surface area contributed by atoms with Crippen LogP contribution in [0.2, 0.25) is 0 Å². The first kappa shape index (κ1) is 17.2. The molecule has 0 aromatic carbocycles. The van der Waals surface area contributed by atoms with Gasteiger partial charge in [-0.1, -0.05) is 0 Å². The van der Waals surface area contributed by atoms with Gasteiger partial charge in [-0.3, -0.25) is 14.5 Å². The van der Waals surface area contributed by atoms with Crippen LogP contribution >= 0.6 is 0 Å². The van der Waals surface area contributed by atoms with Crippen molar-refractivity contribution < 1.29 is 19.1 Å². The zero-order chi connectivity index (χ0) is 18.0. The Morgan fingerprint density at radius 1 is 1.32 bits per heavy atom. The molecule has 0 bridgehead atoms. The molecule has 134 valence electrons. The smallest absolute Gasteiger partial charge is 0.327 e. The molecular weight excluding hydrogens is 324 g/mol. The van der Waals surface area contributed by atoms with E-state index in [0.29, 0.717) is 44.0 Å². The van der Waals surface area contributed by atoms with Crippen LogP contribution in [0.1, 0.15) is 30.1 Å². The van der Waals surface area contributed by atoms with Crippen molar-refractivity contribution in [2.75, 3.05) is 33.3 Å². The first-order valence-electron chi connectivity index (χ1n) is 8.47. The number of imide groups is 1. The molecule has 4 amide bonds. The van der Waals surface area contributed by atoms with Crippen LogP contribution in [0.5, 0.6) is 5.88 Å². The van der Waals surface area contributed by atoms with Crippen LogP contribution in [0, 0.1) is 0 Å². The zero-order valence-corrected chi connectivity index (χ0v) is 14.5. The van der Waals surface area contributed by atoms with Crippen LogP contribution in [-0.2, 0) is 4.79 Å². The molecule has 0 saturated carbocycles. The van der Waals surface area contributed by atoms with Crippen molar-refractivity contribution in [1.29, 1.82) is 0 Å². The number of rotatable bonds is 4. The lowest BCUT2D eigenvalue weighted by Crippen LogP contribution is -2.47. The number of urea groups is 1. The van der Waals surface area contributed by atoms with Gasteiger partial charge in [0.1, 0.15) is 12.1 Å². The lowest BCUT2D eigenvalue weighted by atomic mass is 10.0. The molecule has 25 heavy (non-hydrogen) atoms. The summed E-state index contributed by atoms with van der Waals surface area (Å²) in [5, 5.41) is 0. The number of ether oxygens (including phenoxy) is 1. The van der Waals surface area contributed by atoms with Crippen molar-refractivity contribution in [1.82, 2.24) is 19.7 Å². The molecule has 0 spiro atoms. The van der Waals surface area contributed by atoms with E-state index >= 15 is 0 Å². The van der Waals surface area contributed by atoms with Crippen LogP contribution < -0.4 is 4.74 Å². The van der Waals surface area contributed by atoms with Crippen molar-refractivity contribution >= 4 is 17.8 Å². The molecule has 1 aromatic heterocycles. The molecule has 1 aromatic rings. The molecule has 8 heteroatoms. The Kier molecular flexibility index (Phi) is 4.87. The van der Waals surface area contributed by atoms with Gasteiger partial charge in [-0.05, 0) is 31.9 Å². The third-order valence-corrected chi connectivity index (χ3v) is 4.69. The highest BCUT2D eigenvalue weighted by Crippen LogP contribution is 2.24. The minimum atomic E-state index is -0.249. The molecule has 2 aliphatic rings.